The van der Waals surface area contributed by atoms with Crippen molar-refractivity contribution in [3.8, 4) is 56.6 Å². The molecule has 14 rings (SSSR count). The fourth-order valence-corrected chi connectivity index (χ4v) is 11.5. The predicted octanol–water partition coefficient (Wildman–Crippen LogP) is 16.2. The van der Waals surface area contributed by atoms with E-state index >= 15 is 0 Å². The number of rotatable bonds is 8. The van der Waals surface area contributed by atoms with Crippen molar-refractivity contribution < 1.29 is 9.30 Å². The van der Waals surface area contributed by atoms with Gasteiger partial charge in [-0.05, 0) is 100.0 Å². The van der Waals surface area contributed by atoms with Crippen LogP contribution in [0.4, 0.5) is 0 Å². The van der Waals surface area contributed by atoms with Gasteiger partial charge in [-0.2, -0.15) is 0 Å². The molecule has 7 heteroatoms. The van der Waals surface area contributed by atoms with Gasteiger partial charge in [0.05, 0.1) is 39.0 Å². The van der Waals surface area contributed by atoms with E-state index in [1.807, 2.05) is 22.9 Å². The van der Waals surface area contributed by atoms with Crippen molar-refractivity contribution in [1.82, 2.24) is 23.3 Å². The van der Waals surface area contributed by atoms with E-state index in [0.717, 1.165) is 78.3 Å². The van der Waals surface area contributed by atoms with Crippen LogP contribution in [0.25, 0.3) is 111 Å². The topological polar surface area (TPSA) is 45.7 Å². The van der Waals surface area contributed by atoms with Crippen LogP contribution >= 0.6 is 0 Å². The molecule has 0 aliphatic heterocycles. The SMILES string of the molecule is Cn1c2ccccc2c2c3c4ccc(Oc5cccc(-[n+]6[c-]n(-c7c(-c8ccccc8)cccc7-c7ccccc7)cc6)c5)cc4n(-c4cc(C(C)(C)C)ccn4)c3c3c4ccccc4n(-c4ccccc4)c3c21. The lowest BCUT2D eigenvalue weighted by molar-refractivity contribution is -0.599. The maximum Gasteiger partial charge on any atom is 0.268 e. The molecule has 0 atom stereocenters. The van der Waals surface area contributed by atoms with Crippen molar-refractivity contribution in [3.63, 3.8) is 0 Å². The van der Waals surface area contributed by atoms with Gasteiger partial charge < -0.3 is 13.9 Å². The second-order valence-electron chi connectivity index (χ2n) is 20.3. The van der Waals surface area contributed by atoms with Crippen molar-refractivity contribution in [2.45, 2.75) is 26.2 Å². The number of para-hydroxylation sites is 4. The highest BCUT2D eigenvalue weighted by molar-refractivity contribution is 6.40. The zero-order chi connectivity index (χ0) is 49.7. The van der Waals surface area contributed by atoms with Crippen molar-refractivity contribution in [2.75, 3.05) is 0 Å². The molecule has 5 heterocycles. The van der Waals surface area contributed by atoms with E-state index in [1.165, 1.54) is 43.5 Å². The number of pyridine rings is 1. The predicted molar refractivity (Wildman–Crippen MR) is 303 cm³/mol. The second-order valence-corrected chi connectivity index (χ2v) is 20.3. The van der Waals surface area contributed by atoms with E-state index in [4.69, 9.17) is 9.72 Å². The van der Waals surface area contributed by atoms with Crippen LogP contribution in [0, 0.1) is 6.33 Å². The van der Waals surface area contributed by atoms with Crippen LogP contribution in [0.3, 0.4) is 0 Å². The lowest BCUT2D eigenvalue weighted by Gasteiger charge is -2.20. The summed E-state index contributed by atoms with van der Waals surface area (Å²) >= 11 is 0. The fourth-order valence-electron chi connectivity index (χ4n) is 11.5. The van der Waals surface area contributed by atoms with Gasteiger partial charge in [0, 0.05) is 75.2 Å². The first-order chi connectivity index (χ1) is 36.3. The Hall–Kier alpha value is -9.46. The molecule has 5 aromatic heterocycles. The average Bonchev–Trinajstić information content (AvgIpc) is 4.38. The zero-order valence-corrected chi connectivity index (χ0v) is 41.5. The molecule has 0 bridgehead atoms. The molecule has 0 saturated heterocycles. The van der Waals surface area contributed by atoms with Crippen molar-refractivity contribution >= 4 is 65.4 Å². The lowest BCUT2D eigenvalue weighted by atomic mass is 9.88. The standard InChI is InChI=1S/C67H50N6O/c1-67(2,3)46-36-37-68-59(40-46)73-58-42-50(74-49-27-18-26-48(41-49)70-38-39-71(43-70)63-51(44-20-8-5-9-21-44)30-19-31-52(63)45-22-10-6-11-23-45)34-35-55(58)60-61-53-28-14-16-32-56(53)69(4)65(61)66-62(64(60)73)54-29-15-17-33-57(54)72(66)47-24-12-7-13-25-47/h5-42H,1-4H3. The number of hydrogen-bond donors (Lipinski definition) is 0. The van der Waals surface area contributed by atoms with E-state index in [2.05, 4.69) is 265 Å². The largest absolute Gasteiger partial charge is 0.458 e. The number of aromatic nitrogens is 6. The first-order valence-corrected chi connectivity index (χ1v) is 25.3. The smallest absolute Gasteiger partial charge is 0.268 e. The number of aryl methyl sites for hydroxylation is 1. The van der Waals surface area contributed by atoms with E-state index < -0.39 is 0 Å². The lowest BCUT2D eigenvalue weighted by Crippen LogP contribution is -2.28. The van der Waals surface area contributed by atoms with Crippen LogP contribution in [-0.4, -0.2) is 23.3 Å². The molecule has 14 aromatic rings. The minimum atomic E-state index is -0.108. The number of ether oxygens (including phenoxy) is 1. The van der Waals surface area contributed by atoms with Gasteiger partial charge >= 0.3 is 0 Å². The fraction of sp³-hybridized carbons (Fsp3) is 0.0746. The Morgan fingerprint density at radius 3 is 1.82 bits per heavy atom. The maximum absolute atomic E-state index is 6.96. The minimum absolute atomic E-state index is 0.108. The first kappa shape index (κ1) is 43.3. The summed E-state index contributed by atoms with van der Waals surface area (Å²) in [5, 5.41) is 7.08. The molecule has 9 aromatic carbocycles. The van der Waals surface area contributed by atoms with Crippen LogP contribution in [0.2, 0.25) is 0 Å². The number of hydrogen-bond acceptors (Lipinski definition) is 2. The molecule has 74 heavy (non-hydrogen) atoms. The quantitative estimate of drug-likeness (QED) is 0.113. The second kappa shape index (κ2) is 16.8. The van der Waals surface area contributed by atoms with Crippen molar-refractivity contribution in [3.05, 3.63) is 243 Å². The number of imidazole rings is 1. The average molecular weight is 955 g/mol. The summed E-state index contributed by atoms with van der Waals surface area (Å²) in [6, 6.07) is 75.3. The summed E-state index contributed by atoms with van der Waals surface area (Å²) in [7, 11) is 2.22. The Labute approximate surface area is 428 Å². The molecule has 0 amide bonds. The summed E-state index contributed by atoms with van der Waals surface area (Å²) in [5.74, 6) is 2.29. The van der Waals surface area contributed by atoms with Crippen molar-refractivity contribution in [2.24, 2.45) is 7.05 Å². The number of benzene rings is 9. The van der Waals surface area contributed by atoms with Crippen LogP contribution in [0.5, 0.6) is 11.5 Å². The van der Waals surface area contributed by atoms with Gasteiger partial charge in [-0.1, -0.05) is 160 Å². The summed E-state index contributed by atoms with van der Waals surface area (Å²) in [6.07, 6.45) is 9.77. The molecule has 0 fully saturated rings. The molecular weight excluding hydrogens is 905 g/mol. The first-order valence-electron chi connectivity index (χ1n) is 25.3. The molecule has 0 N–H and O–H groups in total. The Balaban J connectivity index is 0.974. The van der Waals surface area contributed by atoms with Crippen LogP contribution in [0.1, 0.15) is 26.3 Å². The zero-order valence-electron chi connectivity index (χ0n) is 41.5. The Bertz CT molecular complexity index is 4440. The Morgan fingerprint density at radius 2 is 1.11 bits per heavy atom. The van der Waals surface area contributed by atoms with Gasteiger partial charge in [0.25, 0.3) is 6.33 Å². The van der Waals surface area contributed by atoms with Crippen LogP contribution < -0.4 is 9.30 Å². The van der Waals surface area contributed by atoms with E-state index in [-0.39, 0.29) is 5.41 Å². The van der Waals surface area contributed by atoms with Crippen LogP contribution in [0.15, 0.2) is 231 Å². The van der Waals surface area contributed by atoms with E-state index in [9.17, 15) is 0 Å². The molecule has 0 aliphatic carbocycles. The number of fused-ring (bicyclic) bond motifs is 12. The van der Waals surface area contributed by atoms with Crippen molar-refractivity contribution in [1.29, 1.82) is 0 Å². The normalized spacial score (nSPS) is 12.1. The van der Waals surface area contributed by atoms with E-state index in [1.54, 1.807) is 0 Å². The summed E-state index contributed by atoms with van der Waals surface area (Å²) in [6.45, 7) is 6.79. The molecule has 0 aliphatic rings. The van der Waals surface area contributed by atoms with E-state index in [0.29, 0.717) is 5.75 Å². The summed E-state index contributed by atoms with van der Waals surface area (Å²) in [4.78, 5) is 5.22. The van der Waals surface area contributed by atoms with Gasteiger partial charge in [0.2, 0.25) is 0 Å². The highest BCUT2D eigenvalue weighted by Crippen LogP contribution is 2.50. The molecule has 7 nitrogen and oxygen atoms in total. The third-order valence-corrected chi connectivity index (χ3v) is 14.8. The number of nitrogens with zero attached hydrogens (tertiary/aromatic N) is 6. The van der Waals surface area contributed by atoms with Crippen LogP contribution in [-0.2, 0) is 12.5 Å². The van der Waals surface area contributed by atoms with Gasteiger partial charge in [0.1, 0.15) is 17.3 Å². The Morgan fingerprint density at radius 1 is 0.500 bits per heavy atom. The monoisotopic (exact) mass is 954 g/mol. The maximum atomic E-state index is 6.96. The summed E-state index contributed by atoms with van der Waals surface area (Å²) in [5.41, 5.74) is 15.5. The van der Waals surface area contributed by atoms with Gasteiger partial charge in [-0.25, -0.2) is 4.98 Å². The Kier molecular flexibility index (Phi) is 9.85. The highest BCUT2D eigenvalue weighted by atomic mass is 16.5. The van der Waals surface area contributed by atoms with Gasteiger partial charge in [-0.3, -0.25) is 13.7 Å². The molecule has 0 unspecified atom stereocenters. The molecule has 0 radical (unpaired) electrons. The third-order valence-electron chi connectivity index (χ3n) is 14.8. The van der Waals surface area contributed by atoms with Gasteiger partial charge in [-0.15, -0.1) is 0 Å². The molecule has 0 spiro atoms. The van der Waals surface area contributed by atoms with Gasteiger partial charge in [0.15, 0.2) is 0 Å². The molecule has 0 saturated carbocycles. The molecule has 354 valence electrons. The molecular formula is C67H50N6O. The summed E-state index contributed by atoms with van der Waals surface area (Å²) < 4.78 is 18.4. The third kappa shape index (κ3) is 6.81. The highest BCUT2D eigenvalue weighted by Gasteiger charge is 2.29. The minimum Gasteiger partial charge on any atom is -0.458 e.